The summed E-state index contributed by atoms with van der Waals surface area (Å²) in [7, 11) is 1.48. The van der Waals surface area contributed by atoms with Crippen LogP contribution in [0.2, 0.25) is 0 Å². The third-order valence-corrected chi connectivity index (χ3v) is 2.31. The van der Waals surface area contributed by atoms with E-state index < -0.39 is 25.2 Å². The normalized spacial score (nSPS) is 11.6. The van der Waals surface area contributed by atoms with Crippen LogP contribution in [0, 0.1) is 0 Å². The number of carbonyl (C=O) groups excluding carboxylic acids is 1. The van der Waals surface area contributed by atoms with Crippen LogP contribution in [0.4, 0.5) is 18.9 Å². The summed E-state index contributed by atoms with van der Waals surface area (Å²) in [5.41, 5.74) is 6.31. The number of nitrogens with two attached hydrogens (primary N) is 1. The number of carbonyl (C=O) groups is 1. The van der Waals surface area contributed by atoms with E-state index in [4.69, 9.17) is 5.73 Å². The van der Waals surface area contributed by atoms with Crippen molar-refractivity contribution in [3.8, 4) is 0 Å². The fraction of sp³-hybridized carbons (Fsp3) is 0.600. The molecule has 0 spiro atoms. The molecule has 1 aromatic heterocycles. The van der Waals surface area contributed by atoms with Gasteiger partial charge in [0.05, 0.1) is 17.8 Å². The highest BCUT2D eigenvalue weighted by atomic mass is 19.4. The van der Waals surface area contributed by atoms with Crippen LogP contribution in [0.15, 0.2) is 0 Å². The number of hydrogen-bond acceptors (Lipinski definition) is 4. The van der Waals surface area contributed by atoms with Gasteiger partial charge in [-0.25, -0.2) is 4.79 Å². The number of rotatable bonds is 4. The van der Waals surface area contributed by atoms with Gasteiger partial charge in [-0.1, -0.05) is 6.92 Å². The smallest absolute Gasteiger partial charge is 0.392 e. The molecular formula is C10H14F3N3O2. The summed E-state index contributed by atoms with van der Waals surface area (Å²) >= 11 is 0. The fourth-order valence-corrected chi connectivity index (χ4v) is 1.43. The van der Waals surface area contributed by atoms with E-state index >= 15 is 0 Å². The van der Waals surface area contributed by atoms with Crippen LogP contribution in [-0.4, -0.2) is 28.5 Å². The number of nitrogen functional groups attached to an aromatic ring is 1. The van der Waals surface area contributed by atoms with E-state index in [9.17, 15) is 18.0 Å². The van der Waals surface area contributed by atoms with Crippen molar-refractivity contribution in [2.24, 2.45) is 7.05 Å². The van der Waals surface area contributed by atoms with Crippen LogP contribution < -0.4 is 5.73 Å². The number of esters is 1. The summed E-state index contributed by atoms with van der Waals surface area (Å²) in [6, 6.07) is 0. The van der Waals surface area contributed by atoms with Gasteiger partial charge >= 0.3 is 12.1 Å². The van der Waals surface area contributed by atoms with Crippen LogP contribution in [-0.2, 0) is 18.2 Å². The maximum absolute atomic E-state index is 11.9. The lowest BCUT2D eigenvalue weighted by molar-refractivity contribution is -0.141. The van der Waals surface area contributed by atoms with Crippen molar-refractivity contribution in [1.29, 1.82) is 0 Å². The zero-order valence-corrected chi connectivity index (χ0v) is 10.0. The van der Waals surface area contributed by atoms with Crippen molar-refractivity contribution in [2.75, 3.05) is 12.3 Å². The van der Waals surface area contributed by atoms with Gasteiger partial charge in [0, 0.05) is 7.05 Å². The van der Waals surface area contributed by atoms with Gasteiger partial charge in [-0.3, -0.25) is 4.68 Å². The summed E-state index contributed by atoms with van der Waals surface area (Å²) in [5.74, 6) is -0.897. The quantitative estimate of drug-likeness (QED) is 0.841. The number of aryl methyl sites for hydroxylation is 2. The number of nitrogens with zero attached hydrogens (tertiary/aromatic N) is 2. The van der Waals surface area contributed by atoms with Crippen molar-refractivity contribution in [3.05, 3.63) is 11.4 Å². The molecular weight excluding hydrogens is 251 g/mol. The molecule has 5 nitrogen and oxygen atoms in total. The summed E-state index contributed by atoms with van der Waals surface area (Å²) < 4.78 is 41.4. The topological polar surface area (TPSA) is 70.1 Å². The van der Waals surface area contributed by atoms with Gasteiger partial charge in [0.1, 0.15) is 6.61 Å². The molecule has 0 aliphatic carbocycles. The molecule has 0 aliphatic rings. The van der Waals surface area contributed by atoms with Crippen LogP contribution in [0.1, 0.15) is 29.5 Å². The van der Waals surface area contributed by atoms with Crippen LogP contribution in [0.25, 0.3) is 0 Å². The molecule has 0 fully saturated rings. The lowest BCUT2D eigenvalue weighted by Gasteiger charge is -2.07. The van der Waals surface area contributed by atoms with Crippen molar-refractivity contribution in [2.45, 2.75) is 25.9 Å². The second-order valence-corrected chi connectivity index (χ2v) is 3.69. The van der Waals surface area contributed by atoms with Gasteiger partial charge in [0.2, 0.25) is 0 Å². The van der Waals surface area contributed by atoms with Crippen molar-refractivity contribution in [3.63, 3.8) is 0 Å². The molecule has 0 aromatic carbocycles. The lowest BCUT2D eigenvalue weighted by atomic mass is 10.2. The molecule has 8 heteroatoms. The zero-order chi connectivity index (χ0) is 13.9. The Morgan fingerprint density at radius 2 is 2.11 bits per heavy atom. The maximum Gasteiger partial charge on any atom is 0.392 e. The zero-order valence-electron chi connectivity index (χ0n) is 10.0. The third-order valence-electron chi connectivity index (χ3n) is 2.31. The number of ether oxygens (including phenoxy) is 1. The Hall–Kier alpha value is -1.73. The summed E-state index contributed by atoms with van der Waals surface area (Å²) in [4.78, 5) is 11.6. The highest BCUT2D eigenvalue weighted by Gasteiger charge is 2.28. The molecule has 2 N–H and O–H groups in total. The van der Waals surface area contributed by atoms with Crippen molar-refractivity contribution in [1.82, 2.24) is 9.78 Å². The molecule has 102 valence electrons. The molecule has 0 bridgehead atoms. The average molecular weight is 265 g/mol. The first-order valence-electron chi connectivity index (χ1n) is 5.31. The van der Waals surface area contributed by atoms with Crippen LogP contribution >= 0.6 is 0 Å². The SMILES string of the molecule is CCc1nn(C)c(C(=O)OCCC(F)(F)F)c1N. The molecule has 0 saturated carbocycles. The van der Waals surface area contributed by atoms with Gasteiger partial charge in [-0.2, -0.15) is 18.3 Å². The Balaban J connectivity index is 2.70. The van der Waals surface area contributed by atoms with E-state index in [1.54, 1.807) is 6.92 Å². The van der Waals surface area contributed by atoms with E-state index in [-0.39, 0.29) is 11.4 Å². The highest BCUT2D eigenvalue weighted by molar-refractivity contribution is 5.93. The second-order valence-electron chi connectivity index (χ2n) is 3.69. The first-order chi connectivity index (χ1) is 8.26. The standard InChI is InChI=1S/C10H14F3N3O2/c1-3-6-7(14)8(16(2)15-6)9(17)18-5-4-10(11,12)13/h3-5,14H2,1-2H3. The minimum absolute atomic E-state index is 0.0194. The Kier molecular flexibility index (Phi) is 4.20. The first-order valence-corrected chi connectivity index (χ1v) is 5.31. The molecule has 0 saturated heterocycles. The monoisotopic (exact) mass is 265 g/mol. The lowest BCUT2D eigenvalue weighted by Crippen LogP contribution is -2.17. The number of halogens is 3. The third kappa shape index (κ3) is 3.38. The van der Waals surface area contributed by atoms with E-state index in [2.05, 4.69) is 9.84 Å². The Bertz CT molecular complexity index is 440. The molecule has 0 unspecified atom stereocenters. The van der Waals surface area contributed by atoms with Crippen molar-refractivity contribution < 1.29 is 22.7 Å². The minimum atomic E-state index is -4.35. The molecule has 0 aliphatic heterocycles. The first kappa shape index (κ1) is 14.3. The van der Waals surface area contributed by atoms with Gasteiger partial charge < -0.3 is 10.5 Å². The number of alkyl halides is 3. The summed E-state index contributed by atoms with van der Waals surface area (Å²) in [6.45, 7) is 1.08. The minimum Gasteiger partial charge on any atom is -0.461 e. The molecule has 1 heterocycles. The van der Waals surface area contributed by atoms with E-state index in [0.717, 1.165) is 0 Å². The maximum atomic E-state index is 11.9. The summed E-state index contributed by atoms with van der Waals surface area (Å²) in [6.07, 6.45) is -5.01. The van der Waals surface area contributed by atoms with E-state index in [1.807, 2.05) is 0 Å². The number of hydrogen-bond donors (Lipinski definition) is 1. The average Bonchev–Trinajstić information content (AvgIpc) is 2.51. The van der Waals surface area contributed by atoms with Crippen molar-refractivity contribution >= 4 is 11.7 Å². The molecule has 0 radical (unpaired) electrons. The van der Waals surface area contributed by atoms with E-state index in [1.165, 1.54) is 11.7 Å². The van der Waals surface area contributed by atoms with E-state index in [0.29, 0.717) is 12.1 Å². The number of anilines is 1. The molecule has 1 rings (SSSR count). The van der Waals surface area contributed by atoms with Crippen LogP contribution in [0.3, 0.4) is 0 Å². The largest absolute Gasteiger partial charge is 0.461 e. The molecule has 1 aromatic rings. The Morgan fingerprint density at radius 1 is 1.50 bits per heavy atom. The molecule has 0 atom stereocenters. The van der Waals surface area contributed by atoms with Gasteiger partial charge in [-0.05, 0) is 6.42 Å². The Labute approximate surface area is 102 Å². The molecule has 18 heavy (non-hydrogen) atoms. The fourth-order valence-electron chi connectivity index (χ4n) is 1.43. The Morgan fingerprint density at radius 3 is 2.56 bits per heavy atom. The summed E-state index contributed by atoms with van der Waals surface area (Å²) in [5, 5.41) is 3.98. The van der Waals surface area contributed by atoms with Gasteiger partial charge in [0.15, 0.2) is 5.69 Å². The predicted molar refractivity (Wildman–Crippen MR) is 58.0 cm³/mol. The van der Waals surface area contributed by atoms with Gasteiger partial charge in [-0.15, -0.1) is 0 Å². The van der Waals surface area contributed by atoms with Gasteiger partial charge in [0.25, 0.3) is 0 Å². The molecule has 0 amide bonds. The predicted octanol–water partition coefficient (Wildman–Crippen LogP) is 1.67. The highest BCUT2D eigenvalue weighted by Crippen LogP contribution is 2.21. The number of aromatic nitrogens is 2. The van der Waals surface area contributed by atoms with Crippen LogP contribution in [0.5, 0.6) is 0 Å². The second kappa shape index (κ2) is 5.28.